The van der Waals surface area contributed by atoms with Gasteiger partial charge in [0.05, 0.1) is 42.4 Å². The Morgan fingerprint density at radius 2 is 2.12 bits per heavy atom. The first-order valence-corrected chi connectivity index (χ1v) is 11.1. The van der Waals surface area contributed by atoms with E-state index in [4.69, 9.17) is 9.47 Å². The number of hydrogen-bond donors (Lipinski definition) is 1. The minimum atomic E-state index is -0.164. The Balaban J connectivity index is 1.37. The first-order valence-electron chi connectivity index (χ1n) is 11.1. The molecular formula is C24H28N4O5. The summed E-state index contributed by atoms with van der Waals surface area (Å²) in [5.41, 5.74) is 2.15. The Hall–Kier alpha value is -3.62. The van der Waals surface area contributed by atoms with E-state index in [0.29, 0.717) is 47.2 Å². The summed E-state index contributed by atoms with van der Waals surface area (Å²) in [5.74, 6) is 0.748. The van der Waals surface area contributed by atoms with Gasteiger partial charge in [-0.3, -0.25) is 19.4 Å². The summed E-state index contributed by atoms with van der Waals surface area (Å²) < 4.78 is 13.0. The number of benzene rings is 1. The average molecular weight is 453 g/mol. The average Bonchev–Trinajstić information content (AvgIpc) is 3.11. The molecule has 0 saturated carbocycles. The van der Waals surface area contributed by atoms with Crippen LogP contribution < -0.4 is 14.8 Å². The van der Waals surface area contributed by atoms with Crippen molar-refractivity contribution < 1.29 is 23.9 Å². The molecule has 1 unspecified atom stereocenters. The van der Waals surface area contributed by atoms with Crippen molar-refractivity contribution in [2.45, 2.75) is 38.1 Å². The van der Waals surface area contributed by atoms with E-state index in [0.717, 1.165) is 32.1 Å². The Morgan fingerprint density at radius 1 is 1.27 bits per heavy atom. The fourth-order valence-corrected chi connectivity index (χ4v) is 4.19. The molecule has 4 rings (SSSR count). The summed E-state index contributed by atoms with van der Waals surface area (Å²) in [6.07, 6.45) is 8.02. The largest absolute Gasteiger partial charge is 0.493 e. The lowest BCUT2D eigenvalue weighted by molar-refractivity contribution is -0.116. The minimum absolute atomic E-state index is 0.0275. The number of nitrogens with zero attached hydrogens (tertiary/aromatic N) is 3. The Kier molecular flexibility index (Phi) is 6.76. The number of carbonyl (C=O) groups is 3. The molecule has 2 aromatic rings. The Morgan fingerprint density at radius 3 is 2.88 bits per heavy atom. The van der Waals surface area contributed by atoms with Crippen LogP contribution in [0.3, 0.4) is 0 Å². The molecule has 174 valence electrons. The van der Waals surface area contributed by atoms with Crippen molar-refractivity contribution in [3.05, 3.63) is 35.7 Å². The molecule has 0 radical (unpaired) electrons. The highest BCUT2D eigenvalue weighted by Gasteiger charge is 2.31. The van der Waals surface area contributed by atoms with Crippen LogP contribution in [0.25, 0.3) is 0 Å². The van der Waals surface area contributed by atoms with Crippen molar-refractivity contribution in [1.29, 1.82) is 0 Å². The number of methoxy groups -OCH3 is 1. The van der Waals surface area contributed by atoms with Crippen LogP contribution in [0, 0.1) is 0 Å². The number of piperidine rings is 1. The second-order valence-corrected chi connectivity index (χ2v) is 8.24. The van der Waals surface area contributed by atoms with E-state index in [-0.39, 0.29) is 24.3 Å². The number of nitrogens with one attached hydrogen (secondary N) is 1. The molecule has 0 aliphatic carbocycles. The summed E-state index contributed by atoms with van der Waals surface area (Å²) in [6.45, 7) is 1.03. The highest BCUT2D eigenvalue weighted by Crippen LogP contribution is 2.37. The molecule has 1 aromatic heterocycles. The molecule has 3 heterocycles. The minimum Gasteiger partial charge on any atom is -0.493 e. The number of ether oxygens (including phenoxy) is 2. The van der Waals surface area contributed by atoms with Gasteiger partial charge in [0, 0.05) is 38.5 Å². The number of aldehydes is 1. The van der Waals surface area contributed by atoms with E-state index in [2.05, 4.69) is 10.3 Å². The molecule has 33 heavy (non-hydrogen) atoms. The topological polar surface area (TPSA) is 102 Å². The van der Waals surface area contributed by atoms with Gasteiger partial charge in [0.1, 0.15) is 0 Å². The summed E-state index contributed by atoms with van der Waals surface area (Å²) in [7, 11) is 3.27. The smallest absolute Gasteiger partial charge is 0.256 e. The summed E-state index contributed by atoms with van der Waals surface area (Å²) >= 11 is 0. The molecule has 2 aliphatic rings. The molecule has 2 aliphatic heterocycles. The van der Waals surface area contributed by atoms with E-state index in [1.807, 2.05) is 11.1 Å². The lowest BCUT2D eigenvalue weighted by Gasteiger charge is -2.32. The number of rotatable bonds is 8. The van der Waals surface area contributed by atoms with Gasteiger partial charge in [0.2, 0.25) is 5.91 Å². The second kappa shape index (κ2) is 9.89. The number of aliphatic imine (C=N–C) groups is 1. The third kappa shape index (κ3) is 4.92. The normalized spacial score (nSPS) is 17.1. The quantitative estimate of drug-likeness (QED) is 0.489. The summed E-state index contributed by atoms with van der Waals surface area (Å²) in [5, 5.41) is 2.78. The lowest BCUT2D eigenvalue weighted by Crippen LogP contribution is -2.43. The molecule has 1 N–H and O–H groups in total. The Labute approximate surface area is 192 Å². The van der Waals surface area contributed by atoms with Crippen LogP contribution in [0.1, 0.15) is 53.0 Å². The summed E-state index contributed by atoms with van der Waals surface area (Å²) in [4.78, 5) is 42.6. The van der Waals surface area contributed by atoms with Crippen LogP contribution in [0.2, 0.25) is 0 Å². The van der Waals surface area contributed by atoms with Crippen molar-refractivity contribution in [2.24, 2.45) is 12.0 Å². The monoisotopic (exact) mass is 452 g/mol. The zero-order chi connectivity index (χ0) is 23.4. The van der Waals surface area contributed by atoms with Gasteiger partial charge in [-0.1, -0.05) is 0 Å². The fourth-order valence-electron chi connectivity index (χ4n) is 4.19. The van der Waals surface area contributed by atoms with Crippen LogP contribution in [-0.4, -0.2) is 60.1 Å². The first kappa shape index (κ1) is 22.6. The molecule has 1 saturated heterocycles. The SMILES string of the molecule is COc1cc2c(cc1OCCCC(=O)Nc1cc(C=O)n(C)c1)N=CC1CCCCN1C2=O. The maximum atomic E-state index is 13.1. The highest BCUT2D eigenvalue weighted by molar-refractivity contribution is 6.03. The van der Waals surface area contributed by atoms with Gasteiger partial charge < -0.3 is 24.3 Å². The molecule has 1 fully saturated rings. The molecule has 2 amide bonds. The van der Waals surface area contributed by atoms with Gasteiger partial charge in [0.15, 0.2) is 17.8 Å². The molecule has 1 aromatic carbocycles. The standard InChI is InChI=1S/C24H28N4O5/c1-27-14-16(10-18(27)15-29)26-23(30)7-5-9-33-22-12-20-19(11-21(22)32-2)24(31)28-8-4-3-6-17(28)13-25-20/h10-15,17H,3-9H2,1-2H3,(H,26,30). The van der Waals surface area contributed by atoms with Gasteiger partial charge >= 0.3 is 0 Å². The van der Waals surface area contributed by atoms with E-state index in [9.17, 15) is 14.4 Å². The number of carbonyl (C=O) groups excluding carboxylic acids is 3. The molecule has 0 bridgehead atoms. The third-order valence-corrected chi connectivity index (χ3v) is 5.96. The van der Waals surface area contributed by atoms with Gasteiger partial charge in [-0.25, -0.2) is 0 Å². The zero-order valence-corrected chi connectivity index (χ0v) is 18.9. The maximum absolute atomic E-state index is 13.1. The zero-order valence-electron chi connectivity index (χ0n) is 18.9. The third-order valence-electron chi connectivity index (χ3n) is 5.96. The highest BCUT2D eigenvalue weighted by atomic mass is 16.5. The molecule has 1 atom stereocenters. The number of amides is 2. The number of aromatic nitrogens is 1. The van der Waals surface area contributed by atoms with Crippen molar-refractivity contribution in [3.8, 4) is 11.5 Å². The fraction of sp³-hybridized carbons (Fsp3) is 0.417. The van der Waals surface area contributed by atoms with Crippen molar-refractivity contribution in [1.82, 2.24) is 9.47 Å². The molecule has 0 spiro atoms. The van der Waals surface area contributed by atoms with Crippen LogP contribution in [-0.2, 0) is 11.8 Å². The maximum Gasteiger partial charge on any atom is 0.256 e. The van der Waals surface area contributed by atoms with Gasteiger partial charge in [-0.15, -0.1) is 0 Å². The molecule has 9 heteroatoms. The number of aryl methyl sites for hydroxylation is 1. The number of fused-ring (bicyclic) bond motifs is 2. The van der Waals surface area contributed by atoms with Gasteiger partial charge in [-0.2, -0.15) is 0 Å². The van der Waals surface area contributed by atoms with Crippen molar-refractivity contribution in [3.63, 3.8) is 0 Å². The van der Waals surface area contributed by atoms with Crippen LogP contribution >= 0.6 is 0 Å². The number of anilines is 1. The summed E-state index contributed by atoms with van der Waals surface area (Å²) in [6, 6.07) is 5.07. The predicted molar refractivity (Wildman–Crippen MR) is 124 cm³/mol. The first-order chi connectivity index (χ1) is 16.0. The number of hydrogen-bond acceptors (Lipinski definition) is 6. The van der Waals surface area contributed by atoms with Crippen LogP contribution in [0.4, 0.5) is 11.4 Å². The van der Waals surface area contributed by atoms with Crippen LogP contribution in [0.5, 0.6) is 11.5 Å². The van der Waals surface area contributed by atoms with E-state index >= 15 is 0 Å². The lowest BCUT2D eigenvalue weighted by atomic mass is 10.0. The Bertz CT molecular complexity index is 1090. The van der Waals surface area contributed by atoms with Gasteiger partial charge in [-0.05, 0) is 37.8 Å². The van der Waals surface area contributed by atoms with Crippen molar-refractivity contribution >= 4 is 35.7 Å². The van der Waals surface area contributed by atoms with E-state index in [1.165, 1.54) is 7.11 Å². The van der Waals surface area contributed by atoms with Crippen LogP contribution in [0.15, 0.2) is 29.4 Å². The van der Waals surface area contributed by atoms with Crippen molar-refractivity contribution in [2.75, 3.05) is 25.6 Å². The predicted octanol–water partition coefficient (Wildman–Crippen LogP) is 3.35. The van der Waals surface area contributed by atoms with E-state index in [1.54, 1.807) is 36.0 Å². The second-order valence-electron chi connectivity index (χ2n) is 8.24. The van der Waals surface area contributed by atoms with Gasteiger partial charge in [0.25, 0.3) is 5.91 Å². The molecule has 9 nitrogen and oxygen atoms in total. The van der Waals surface area contributed by atoms with E-state index < -0.39 is 0 Å². The molecular weight excluding hydrogens is 424 g/mol.